The minimum atomic E-state index is -3.74. The van der Waals surface area contributed by atoms with Crippen molar-refractivity contribution >= 4 is 27.3 Å². The molecule has 0 aliphatic heterocycles. The van der Waals surface area contributed by atoms with Gasteiger partial charge in [-0.15, -0.1) is 0 Å². The fourth-order valence-electron chi connectivity index (χ4n) is 2.73. The fourth-order valence-corrected chi connectivity index (χ4v) is 4.46. The number of nitrogens with one attached hydrogen (secondary N) is 1. The number of sulfone groups is 1. The number of nitrogens with two attached hydrogens (primary N) is 1. The van der Waals surface area contributed by atoms with Crippen LogP contribution in [-0.4, -0.2) is 18.9 Å². The zero-order valence-electron chi connectivity index (χ0n) is 14.1. The highest BCUT2D eigenvalue weighted by atomic mass is 35.5. The maximum Gasteiger partial charge on any atom is 0.252 e. The fraction of sp³-hybridized carbons (Fsp3) is 0.0526. The van der Waals surface area contributed by atoms with Crippen LogP contribution in [0.3, 0.4) is 0 Å². The third-order valence-electron chi connectivity index (χ3n) is 4.03. The highest BCUT2D eigenvalue weighted by molar-refractivity contribution is 7.91. The molecule has 3 N–H and O–H groups in total. The van der Waals surface area contributed by atoms with Crippen LogP contribution < -0.4 is 11.2 Å². The second kappa shape index (κ2) is 7.38. The Labute approximate surface area is 161 Å². The van der Waals surface area contributed by atoms with Crippen LogP contribution in [-0.2, 0) is 16.4 Å². The van der Waals surface area contributed by atoms with Crippen LogP contribution >= 0.6 is 11.6 Å². The van der Waals surface area contributed by atoms with E-state index in [1.54, 1.807) is 36.4 Å². The normalized spacial score (nSPS) is 11.3. The van der Waals surface area contributed by atoms with Crippen molar-refractivity contribution in [1.29, 1.82) is 5.41 Å². The SMILES string of the molecule is N=c1c(C(N)=O)cc(Cl)cn1Cc1ccccc1S(=O)(=O)c1ccccc1. The quantitative estimate of drug-likeness (QED) is 0.686. The van der Waals surface area contributed by atoms with E-state index >= 15 is 0 Å². The van der Waals surface area contributed by atoms with Crippen LogP contribution in [0.2, 0.25) is 5.02 Å². The molecule has 8 heteroatoms. The third kappa shape index (κ3) is 3.79. The third-order valence-corrected chi connectivity index (χ3v) is 6.10. The number of pyridine rings is 1. The van der Waals surface area contributed by atoms with Gasteiger partial charge in [-0.2, -0.15) is 0 Å². The Bertz CT molecular complexity index is 1170. The van der Waals surface area contributed by atoms with E-state index in [4.69, 9.17) is 22.7 Å². The molecular weight excluding hydrogens is 386 g/mol. The molecule has 0 radical (unpaired) electrons. The Morgan fingerprint density at radius 2 is 1.70 bits per heavy atom. The van der Waals surface area contributed by atoms with Crippen molar-refractivity contribution in [1.82, 2.24) is 4.57 Å². The van der Waals surface area contributed by atoms with Crippen LogP contribution in [0, 0.1) is 5.41 Å². The standard InChI is InChI=1S/C19H16ClN3O3S/c20-14-10-16(19(22)24)18(21)23(12-14)11-13-6-4-5-9-17(13)27(25,26)15-7-2-1-3-8-15/h1-10,12,21H,11H2,(H2,22,24). The number of amides is 1. The molecule has 138 valence electrons. The zero-order valence-corrected chi connectivity index (χ0v) is 15.7. The number of carbonyl (C=O) groups is 1. The summed E-state index contributed by atoms with van der Waals surface area (Å²) in [7, 11) is -3.74. The number of primary amides is 1. The summed E-state index contributed by atoms with van der Waals surface area (Å²) >= 11 is 6.03. The Hall–Kier alpha value is -2.90. The van der Waals surface area contributed by atoms with Crippen molar-refractivity contribution in [2.45, 2.75) is 16.3 Å². The molecule has 3 rings (SSSR count). The molecule has 0 fully saturated rings. The van der Waals surface area contributed by atoms with Crippen LogP contribution in [0.5, 0.6) is 0 Å². The predicted molar refractivity (Wildman–Crippen MR) is 101 cm³/mol. The van der Waals surface area contributed by atoms with Gasteiger partial charge >= 0.3 is 0 Å². The summed E-state index contributed by atoms with van der Waals surface area (Å²) < 4.78 is 27.4. The van der Waals surface area contributed by atoms with Gasteiger partial charge in [-0.25, -0.2) is 8.42 Å². The number of hydrogen-bond acceptors (Lipinski definition) is 4. The number of carbonyl (C=O) groups excluding carboxylic acids is 1. The molecule has 1 aromatic heterocycles. The number of nitrogens with zero attached hydrogens (tertiary/aromatic N) is 1. The Morgan fingerprint density at radius 3 is 2.37 bits per heavy atom. The van der Waals surface area contributed by atoms with Crippen LogP contribution in [0.15, 0.2) is 76.7 Å². The highest BCUT2D eigenvalue weighted by Gasteiger charge is 2.21. The van der Waals surface area contributed by atoms with Gasteiger partial charge in [0.1, 0.15) is 5.49 Å². The lowest BCUT2D eigenvalue weighted by atomic mass is 10.2. The maximum absolute atomic E-state index is 13.0. The van der Waals surface area contributed by atoms with Gasteiger partial charge in [0.05, 0.1) is 26.9 Å². The van der Waals surface area contributed by atoms with E-state index in [2.05, 4.69) is 0 Å². The molecular formula is C19H16ClN3O3S. The summed E-state index contributed by atoms with van der Waals surface area (Å²) in [5, 5.41) is 8.39. The molecule has 1 heterocycles. The average Bonchev–Trinajstić information content (AvgIpc) is 2.65. The van der Waals surface area contributed by atoms with Crippen molar-refractivity contribution in [2.75, 3.05) is 0 Å². The highest BCUT2D eigenvalue weighted by Crippen LogP contribution is 2.24. The van der Waals surface area contributed by atoms with E-state index in [1.807, 2.05) is 0 Å². The number of hydrogen-bond donors (Lipinski definition) is 2. The predicted octanol–water partition coefficient (Wildman–Crippen LogP) is 2.60. The molecule has 0 saturated heterocycles. The van der Waals surface area contributed by atoms with E-state index in [-0.39, 0.29) is 32.4 Å². The molecule has 3 aromatic rings. The van der Waals surface area contributed by atoms with Gasteiger partial charge in [0, 0.05) is 6.20 Å². The van der Waals surface area contributed by atoms with Crippen LogP contribution in [0.4, 0.5) is 0 Å². The molecule has 27 heavy (non-hydrogen) atoms. The van der Waals surface area contributed by atoms with Gasteiger partial charge in [-0.05, 0) is 29.8 Å². The molecule has 6 nitrogen and oxygen atoms in total. The first-order valence-electron chi connectivity index (χ1n) is 7.93. The van der Waals surface area contributed by atoms with E-state index in [1.165, 1.54) is 35.0 Å². The number of halogens is 1. The van der Waals surface area contributed by atoms with Gasteiger partial charge in [0.15, 0.2) is 0 Å². The zero-order chi connectivity index (χ0) is 19.6. The first-order chi connectivity index (χ1) is 12.8. The van der Waals surface area contributed by atoms with Gasteiger partial charge in [-0.1, -0.05) is 48.0 Å². The summed E-state index contributed by atoms with van der Waals surface area (Å²) in [6.45, 7) is 0.0436. The number of rotatable bonds is 5. The van der Waals surface area contributed by atoms with E-state index < -0.39 is 15.7 Å². The van der Waals surface area contributed by atoms with Crippen LogP contribution in [0.25, 0.3) is 0 Å². The second-order valence-electron chi connectivity index (χ2n) is 5.84. The van der Waals surface area contributed by atoms with Crippen molar-refractivity contribution in [3.05, 3.63) is 88.5 Å². The first-order valence-corrected chi connectivity index (χ1v) is 9.79. The average molecular weight is 402 g/mol. The van der Waals surface area contributed by atoms with Crippen LogP contribution in [0.1, 0.15) is 15.9 Å². The lowest BCUT2D eigenvalue weighted by molar-refractivity contribution is 0.0997. The summed E-state index contributed by atoms with van der Waals surface area (Å²) in [5.74, 6) is -0.776. The number of aromatic nitrogens is 1. The largest absolute Gasteiger partial charge is 0.365 e. The van der Waals surface area contributed by atoms with Crippen molar-refractivity contribution in [3.63, 3.8) is 0 Å². The minimum absolute atomic E-state index is 0.0362. The van der Waals surface area contributed by atoms with Crippen molar-refractivity contribution in [3.8, 4) is 0 Å². The van der Waals surface area contributed by atoms with Gasteiger partial charge in [-0.3, -0.25) is 10.2 Å². The summed E-state index contributed by atoms with van der Waals surface area (Å²) in [5.41, 5.74) is 5.59. The minimum Gasteiger partial charge on any atom is -0.365 e. The van der Waals surface area contributed by atoms with Gasteiger partial charge in [0.25, 0.3) is 5.91 Å². The smallest absolute Gasteiger partial charge is 0.252 e. The van der Waals surface area contributed by atoms with Gasteiger partial charge in [0.2, 0.25) is 9.84 Å². The lowest BCUT2D eigenvalue weighted by Gasteiger charge is -2.14. The summed E-state index contributed by atoms with van der Waals surface area (Å²) in [6.07, 6.45) is 1.46. The Kier molecular flexibility index (Phi) is 5.16. The van der Waals surface area contributed by atoms with E-state index in [9.17, 15) is 13.2 Å². The van der Waals surface area contributed by atoms with E-state index in [0.717, 1.165) is 0 Å². The molecule has 0 aliphatic rings. The van der Waals surface area contributed by atoms with E-state index in [0.29, 0.717) is 5.56 Å². The van der Waals surface area contributed by atoms with Gasteiger partial charge < -0.3 is 10.3 Å². The lowest BCUT2D eigenvalue weighted by Crippen LogP contribution is -2.30. The molecule has 0 atom stereocenters. The Morgan fingerprint density at radius 1 is 1.07 bits per heavy atom. The molecule has 2 aromatic carbocycles. The monoisotopic (exact) mass is 401 g/mol. The first kappa shape index (κ1) is 18.9. The molecule has 1 amide bonds. The number of benzene rings is 2. The topological polar surface area (TPSA) is 106 Å². The summed E-state index contributed by atoms with van der Waals surface area (Å²) in [6, 6.07) is 15.9. The summed E-state index contributed by atoms with van der Waals surface area (Å²) in [4.78, 5) is 11.8. The second-order valence-corrected chi connectivity index (χ2v) is 8.19. The molecule has 0 aliphatic carbocycles. The maximum atomic E-state index is 13.0. The molecule has 0 spiro atoms. The Balaban J connectivity index is 2.12. The molecule has 0 unspecified atom stereocenters. The van der Waals surface area contributed by atoms with Crippen molar-refractivity contribution in [2.24, 2.45) is 5.73 Å². The van der Waals surface area contributed by atoms with Crippen molar-refractivity contribution < 1.29 is 13.2 Å². The molecule has 0 bridgehead atoms. The molecule has 0 saturated carbocycles.